The van der Waals surface area contributed by atoms with Crippen molar-refractivity contribution in [2.45, 2.75) is 18.6 Å². The molecule has 1 aromatic rings. The Morgan fingerprint density at radius 2 is 1.95 bits per heavy atom. The summed E-state index contributed by atoms with van der Waals surface area (Å²) in [5.74, 6) is -4.51. The molecule has 6 nitrogen and oxygen atoms in total. The first-order chi connectivity index (χ1) is 8.60. The van der Waals surface area contributed by atoms with Gasteiger partial charge in [-0.15, -0.1) is 0 Å². The number of rotatable bonds is 4. The van der Waals surface area contributed by atoms with Crippen LogP contribution in [0.5, 0.6) is 0 Å². The Balaban J connectivity index is 3.02. The van der Waals surface area contributed by atoms with E-state index in [-0.39, 0.29) is 5.76 Å². The number of carbonyl (C=O) groups excluding carboxylic acids is 1. The maximum absolute atomic E-state index is 12.1. The summed E-state index contributed by atoms with van der Waals surface area (Å²) >= 11 is 0. The first-order valence-corrected chi connectivity index (χ1v) is 4.94. The highest BCUT2D eigenvalue weighted by Crippen LogP contribution is 2.25. The predicted octanol–water partition coefficient (Wildman–Crippen LogP) is 0.864. The van der Waals surface area contributed by atoms with Crippen molar-refractivity contribution in [3.8, 4) is 0 Å². The van der Waals surface area contributed by atoms with Crippen LogP contribution in [0.15, 0.2) is 16.5 Å². The van der Waals surface area contributed by atoms with Gasteiger partial charge in [0.15, 0.2) is 0 Å². The summed E-state index contributed by atoms with van der Waals surface area (Å²) in [5, 5.41) is 19.3. The molecule has 9 heteroatoms. The van der Waals surface area contributed by atoms with Crippen LogP contribution >= 0.6 is 0 Å². The smallest absolute Gasteiger partial charge is 0.471 e. The minimum Gasteiger partial charge on any atom is -0.475 e. The third kappa shape index (κ3) is 3.25. The van der Waals surface area contributed by atoms with Gasteiger partial charge in [0, 0.05) is 0 Å². The van der Waals surface area contributed by atoms with Gasteiger partial charge in [0.05, 0.1) is 6.61 Å². The molecule has 0 aliphatic heterocycles. The molecule has 0 fully saturated rings. The molecule has 1 rings (SSSR count). The van der Waals surface area contributed by atoms with E-state index < -0.39 is 36.0 Å². The van der Waals surface area contributed by atoms with Crippen molar-refractivity contribution in [1.29, 1.82) is 0 Å². The van der Waals surface area contributed by atoms with Gasteiger partial charge in [0.25, 0.3) is 0 Å². The summed E-state index contributed by atoms with van der Waals surface area (Å²) in [5.41, 5.74) is -1.87. The van der Waals surface area contributed by atoms with E-state index in [1.54, 1.807) is 5.32 Å². The van der Waals surface area contributed by atoms with Crippen LogP contribution in [0.4, 0.5) is 13.2 Å². The van der Waals surface area contributed by atoms with Gasteiger partial charge in [-0.05, 0) is 19.1 Å². The molecule has 0 saturated heterocycles. The van der Waals surface area contributed by atoms with Gasteiger partial charge in [-0.1, -0.05) is 0 Å². The number of halogens is 3. The number of carboxylic acids is 1. The number of furan rings is 1. The number of alkyl halides is 3. The topological polar surface area (TPSA) is 99.8 Å². The van der Waals surface area contributed by atoms with E-state index >= 15 is 0 Å². The molecule has 19 heavy (non-hydrogen) atoms. The van der Waals surface area contributed by atoms with Gasteiger partial charge in [-0.25, -0.2) is 4.79 Å². The zero-order chi connectivity index (χ0) is 14.8. The quantitative estimate of drug-likeness (QED) is 0.760. The normalized spacial score (nSPS) is 14.8. The van der Waals surface area contributed by atoms with E-state index in [0.29, 0.717) is 0 Å². The van der Waals surface area contributed by atoms with Crippen molar-refractivity contribution >= 4 is 11.9 Å². The van der Waals surface area contributed by atoms with Crippen molar-refractivity contribution in [2.24, 2.45) is 0 Å². The summed E-state index contributed by atoms with van der Waals surface area (Å²) in [6.07, 6.45) is -5.13. The Hall–Kier alpha value is -2.03. The number of aromatic carboxylic acids is 1. The summed E-state index contributed by atoms with van der Waals surface area (Å²) in [7, 11) is 0. The minimum atomic E-state index is -5.13. The fourth-order valence-corrected chi connectivity index (χ4v) is 1.25. The number of hydrogen-bond donors (Lipinski definition) is 3. The van der Waals surface area contributed by atoms with Crippen LogP contribution < -0.4 is 5.32 Å². The standard InChI is InChI=1S/C10H10F3NO5/c1-9(4-15,14-8(18)10(11,12)13)6-3-2-5(19-6)7(16)17/h2-3,15H,4H2,1H3,(H,14,18)(H,16,17). The Bertz CT molecular complexity index is 496. The van der Waals surface area contributed by atoms with Gasteiger partial charge in [0.1, 0.15) is 11.3 Å². The number of amides is 1. The molecule has 1 aromatic heterocycles. The largest absolute Gasteiger partial charge is 0.475 e. The van der Waals surface area contributed by atoms with Gasteiger partial charge in [0.2, 0.25) is 5.76 Å². The average molecular weight is 281 g/mol. The van der Waals surface area contributed by atoms with Crippen molar-refractivity contribution in [3.63, 3.8) is 0 Å². The van der Waals surface area contributed by atoms with E-state index in [0.717, 1.165) is 19.1 Å². The number of hydrogen-bond acceptors (Lipinski definition) is 4. The van der Waals surface area contributed by atoms with Crippen LogP contribution in [0.3, 0.4) is 0 Å². The predicted molar refractivity (Wildman–Crippen MR) is 54.3 cm³/mol. The molecule has 3 N–H and O–H groups in total. The zero-order valence-corrected chi connectivity index (χ0v) is 9.61. The van der Waals surface area contributed by atoms with E-state index in [4.69, 9.17) is 14.6 Å². The number of aliphatic hydroxyl groups is 1. The monoisotopic (exact) mass is 281 g/mol. The highest BCUT2D eigenvalue weighted by atomic mass is 19.4. The minimum absolute atomic E-state index is 0.301. The molecular weight excluding hydrogens is 271 g/mol. The maximum Gasteiger partial charge on any atom is 0.471 e. The molecule has 1 heterocycles. The average Bonchev–Trinajstić information content (AvgIpc) is 2.77. The Morgan fingerprint density at radius 3 is 2.32 bits per heavy atom. The van der Waals surface area contributed by atoms with Gasteiger partial charge in [-0.3, -0.25) is 4.79 Å². The number of carbonyl (C=O) groups is 2. The second-order valence-electron chi connectivity index (χ2n) is 3.91. The van der Waals surface area contributed by atoms with Crippen molar-refractivity contribution in [2.75, 3.05) is 6.61 Å². The van der Waals surface area contributed by atoms with E-state index in [2.05, 4.69) is 0 Å². The van der Waals surface area contributed by atoms with Crippen molar-refractivity contribution in [1.82, 2.24) is 5.32 Å². The molecule has 1 amide bonds. The number of nitrogens with one attached hydrogen (secondary N) is 1. The van der Waals surface area contributed by atoms with Crippen LogP contribution in [0.2, 0.25) is 0 Å². The van der Waals surface area contributed by atoms with Crippen molar-refractivity contribution in [3.05, 3.63) is 23.7 Å². The highest BCUT2D eigenvalue weighted by molar-refractivity contribution is 5.84. The summed E-state index contributed by atoms with van der Waals surface area (Å²) in [6, 6.07) is 2.07. The maximum atomic E-state index is 12.1. The highest BCUT2D eigenvalue weighted by Gasteiger charge is 2.44. The van der Waals surface area contributed by atoms with Crippen LogP contribution in [0.25, 0.3) is 0 Å². The molecular formula is C10H10F3NO5. The molecule has 0 aliphatic rings. The summed E-state index contributed by atoms with van der Waals surface area (Å²) < 4.78 is 41.2. The molecule has 0 aromatic carbocycles. The second-order valence-corrected chi connectivity index (χ2v) is 3.91. The molecule has 0 radical (unpaired) electrons. The fraction of sp³-hybridized carbons (Fsp3) is 0.400. The van der Waals surface area contributed by atoms with Crippen LogP contribution in [0, 0.1) is 0 Å². The molecule has 0 bridgehead atoms. The van der Waals surface area contributed by atoms with E-state index in [9.17, 15) is 22.8 Å². The van der Waals surface area contributed by atoms with Crippen LogP contribution in [-0.2, 0) is 10.3 Å². The Kier molecular flexibility index (Phi) is 3.89. The Labute approximate surface area is 104 Å². The lowest BCUT2D eigenvalue weighted by Gasteiger charge is -2.26. The lowest BCUT2D eigenvalue weighted by atomic mass is 10.0. The zero-order valence-electron chi connectivity index (χ0n) is 9.61. The summed E-state index contributed by atoms with van der Waals surface area (Å²) in [4.78, 5) is 21.4. The number of carboxylic acid groups (broad SMARTS) is 1. The first kappa shape index (κ1) is 15.0. The molecule has 0 aliphatic carbocycles. The summed E-state index contributed by atoms with van der Waals surface area (Å²) in [6.45, 7) is 0.169. The fourth-order valence-electron chi connectivity index (χ4n) is 1.25. The SMILES string of the molecule is CC(CO)(NC(=O)C(F)(F)F)c1ccc(C(=O)O)o1. The molecule has 106 valence electrons. The van der Waals surface area contributed by atoms with Crippen LogP contribution in [-0.4, -0.2) is 34.9 Å². The molecule has 0 saturated carbocycles. The lowest BCUT2D eigenvalue weighted by molar-refractivity contribution is -0.176. The third-order valence-electron chi connectivity index (χ3n) is 2.32. The first-order valence-electron chi connectivity index (χ1n) is 4.94. The Morgan fingerprint density at radius 1 is 1.37 bits per heavy atom. The lowest BCUT2D eigenvalue weighted by Crippen LogP contribution is -2.50. The van der Waals surface area contributed by atoms with Gasteiger partial charge < -0.3 is 19.9 Å². The number of aliphatic hydroxyl groups excluding tert-OH is 1. The van der Waals surface area contributed by atoms with Crippen LogP contribution in [0.1, 0.15) is 23.2 Å². The third-order valence-corrected chi connectivity index (χ3v) is 2.32. The van der Waals surface area contributed by atoms with E-state index in [1.807, 2.05) is 0 Å². The molecule has 1 atom stereocenters. The van der Waals surface area contributed by atoms with Gasteiger partial charge >= 0.3 is 18.1 Å². The second kappa shape index (κ2) is 4.92. The van der Waals surface area contributed by atoms with Gasteiger partial charge in [-0.2, -0.15) is 13.2 Å². The molecule has 0 spiro atoms. The van der Waals surface area contributed by atoms with E-state index in [1.165, 1.54) is 0 Å². The van der Waals surface area contributed by atoms with Crippen molar-refractivity contribution < 1.29 is 37.4 Å². The molecule has 1 unspecified atom stereocenters.